The second-order valence-electron chi connectivity index (χ2n) is 4.89. The number of alkyl halides is 3. The molecule has 0 spiro atoms. The number of carbonyl (C=O) groups excluding carboxylic acids is 1. The molecule has 0 aliphatic rings. The fourth-order valence-electron chi connectivity index (χ4n) is 2.16. The van der Waals surface area contributed by atoms with Crippen molar-refractivity contribution in [2.45, 2.75) is 6.18 Å². The van der Waals surface area contributed by atoms with Gasteiger partial charge in [0.25, 0.3) is 5.91 Å². The van der Waals surface area contributed by atoms with Crippen LogP contribution < -0.4 is 5.32 Å². The SMILES string of the molecule is O=C(Nc1ccccn1)c1cc(-c2ccccc2)c(C(F)(F)F)s1. The largest absolute Gasteiger partial charge is 0.426 e. The van der Waals surface area contributed by atoms with Gasteiger partial charge in [-0.05, 0) is 23.8 Å². The van der Waals surface area contributed by atoms with Gasteiger partial charge < -0.3 is 5.32 Å². The van der Waals surface area contributed by atoms with Crippen LogP contribution in [0.3, 0.4) is 0 Å². The van der Waals surface area contributed by atoms with E-state index in [1.54, 1.807) is 48.5 Å². The number of carbonyl (C=O) groups is 1. The number of pyridine rings is 1. The van der Waals surface area contributed by atoms with Crippen LogP contribution in [-0.2, 0) is 6.18 Å². The zero-order chi connectivity index (χ0) is 17.2. The third-order valence-electron chi connectivity index (χ3n) is 3.20. The Hall–Kier alpha value is -2.67. The maximum absolute atomic E-state index is 13.3. The number of rotatable bonds is 3. The third-order valence-corrected chi connectivity index (χ3v) is 4.38. The van der Waals surface area contributed by atoms with Crippen LogP contribution in [0.5, 0.6) is 0 Å². The Kier molecular flexibility index (Phi) is 4.35. The number of nitrogens with one attached hydrogen (secondary N) is 1. The van der Waals surface area contributed by atoms with Gasteiger partial charge in [0.15, 0.2) is 0 Å². The molecule has 0 aliphatic carbocycles. The van der Waals surface area contributed by atoms with E-state index < -0.39 is 17.0 Å². The molecule has 1 N–H and O–H groups in total. The Bertz CT molecular complexity index is 845. The standard InChI is InChI=1S/C17H11F3N2OS/c18-17(19,20)15-12(11-6-2-1-3-7-11)10-13(24-15)16(23)22-14-8-4-5-9-21-14/h1-10H,(H,21,22,23). The lowest BCUT2D eigenvalue weighted by molar-refractivity contribution is -0.133. The number of hydrogen-bond acceptors (Lipinski definition) is 3. The van der Waals surface area contributed by atoms with E-state index in [1.165, 1.54) is 12.3 Å². The number of benzene rings is 1. The van der Waals surface area contributed by atoms with Gasteiger partial charge in [-0.3, -0.25) is 4.79 Å². The highest BCUT2D eigenvalue weighted by Crippen LogP contribution is 2.42. The zero-order valence-electron chi connectivity index (χ0n) is 12.2. The van der Waals surface area contributed by atoms with E-state index in [0.29, 0.717) is 16.9 Å². The molecule has 0 fully saturated rings. The van der Waals surface area contributed by atoms with E-state index in [1.807, 2.05) is 0 Å². The average molecular weight is 348 g/mol. The number of amides is 1. The van der Waals surface area contributed by atoms with Crippen molar-refractivity contribution in [1.82, 2.24) is 4.98 Å². The predicted octanol–water partition coefficient (Wildman–Crippen LogP) is 5.08. The molecule has 0 radical (unpaired) electrons. The van der Waals surface area contributed by atoms with Gasteiger partial charge in [0.1, 0.15) is 10.7 Å². The van der Waals surface area contributed by atoms with Gasteiger partial charge in [0.2, 0.25) is 0 Å². The minimum absolute atomic E-state index is 0.000675. The lowest BCUT2D eigenvalue weighted by atomic mass is 10.1. The second kappa shape index (κ2) is 6.45. The smallest absolute Gasteiger partial charge is 0.306 e. The summed E-state index contributed by atoms with van der Waals surface area (Å²) in [6, 6.07) is 14.4. The zero-order valence-corrected chi connectivity index (χ0v) is 13.0. The van der Waals surface area contributed by atoms with Crippen molar-refractivity contribution in [2.24, 2.45) is 0 Å². The molecular weight excluding hydrogens is 337 g/mol. The molecule has 122 valence electrons. The van der Waals surface area contributed by atoms with Gasteiger partial charge in [0, 0.05) is 11.8 Å². The maximum Gasteiger partial charge on any atom is 0.426 e. The van der Waals surface area contributed by atoms with Crippen molar-refractivity contribution in [1.29, 1.82) is 0 Å². The molecule has 24 heavy (non-hydrogen) atoms. The normalized spacial score (nSPS) is 11.3. The first kappa shape index (κ1) is 16.2. The summed E-state index contributed by atoms with van der Waals surface area (Å²) in [5.74, 6) is -0.336. The van der Waals surface area contributed by atoms with Crippen LogP contribution in [0, 0.1) is 0 Å². The van der Waals surface area contributed by atoms with Crippen molar-refractivity contribution >= 4 is 23.1 Å². The minimum Gasteiger partial charge on any atom is -0.306 e. The second-order valence-corrected chi connectivity index (χ2v) is 5.94. The van der Waals surface area contributed by atoms with Gasteiger partial charge in [-0.2, -0.15) is 13.2 Å². The molecule has 0 saturated heterocycles. The Morgan fingerprint density at radius 2 is 1.75 bits per heavy atom. The van der Waals surface area contributed by atoms with Crippen molar-refractivity contribution in [3.8, 4) is 11.1 Å². The number of nitrogens with zero attached hydrogens (tertiary/aromatic N) is 1. The molecule has 1 aromatic carbocycles. The lowest BCUT2D eigenvalue weighted by Crippen LogP contribution is -2.11. The Labute approximate surface area is 139 Å². The predicted molar refractivity (Wildman–Crippen MR) is 86.9 cm³/mol. The summed E-state index contributed by atoms with van der Waals surface area (Å²) < 4.78 is 39.9. The van der Waals surface area contributed by atoms with Crippen molar-refractivity contribution < 1.29 is 18.0 Å². The summed E-state index contributed by atoms with van der Waals surface area (Å²) in [7, 11) is 0. The molecular formula is C17H11F3N2OS. The fourth-order valence-corrected chi connectivity index (χ4v) is 3.10. The molecule has 0 bridgehead atoms. The minimum atomic E-state index is -4.53. The topological polar surface area (TPSA) is 42.0 Å². The van der Waals surface area contributed by atoms with E-state index in [2.05, 4.69) is 10.3 Å². The van der Waals surface area contributed by atoms with Crippen LogP contribution in [-0.4, -0.2) is 10.9 Å². The molecule has 0 atom stereocenters. The number of thiophene rings is 1. The average Bonchev–Trinajstić information content (AvgIpc) is 3.02. The van der Waals surface area contributed by atoms with E-state index >= 15 is 0 Å². The summed E-state index contributed by atoms with van der Waals surface area (Å²) >= 11 is 0.424. The summed E-state index contributed by atoms with van der Waals surface area (Å²) in [6.07, 6.45) is -3.04. The fraction of sp³-hybridized carbons (Fsp3) is 0.0588. The summed E-state index contributed by atoms with van der Waals surface area (Å²) in [4.78, 5) is 15.3. The number of anilines is 1. The first-order valence-electron chi connectivity index (χ1n) is 6.94. The highest BCUT2D eigenvalue weighted by atomic mass is 32.1. The third kappa shape index (κ3) is 3.46. The van der Waals surface area contributed by atoms with Crippen LogP contribution in [0.1, 0.15) is 14.5 Å². The van der Waals surface area contributed by atoms with Crippen molar-refractivity contribution in [2.75, 3.05) is 5.32 Å². The van der Waals surface area contributed by atoms with Gasteiger partial charge >= 0.3 is 6.18 Å². The van der Waals surface area contributed by atoms with Crippen LogP contribution in [0.15, 0.2) is 60.8 Å². The van der Waals surface area contributed by atoms with Gasteiger partial charge in [-0.25, -0.2) is 4.98 Å². The highest BCUT2D eigenvalue weighted by molar-refractivity contribution is 7.14. The van der Waals surface area contributed by atoms with Gasteiger partial charge in [-0.15, -0.1) is 11.3 Å². The Morgan fingerprint density at radius 1 is 1.04 bits per heavy atom. The molecule has 2 aromatic heterocycles. The maximum atomic E-state index is 13.3. The monoisotopic (exact) mass is 348 g/mol. The molecule has 1 amide bonds. The quantitative estimate of drug-likeness (QED) is 0.717. The number of halogens is 3. The summed E-state index contributed by atoms with van der Waals surface area (Å²) in [6.45, 7) is 0. The molecule has 0 aliphatic heterocycles. The highest BCUT2D eigenvalue weighted by Gasteiger charge is 2.37. The first-order valence-corrected chi connectivity index (χ1v) is 7.75. The molecule has 2 heterocycles. The molecule has 3 rings (SSSR count). The van der Waals surface area contributed by atoms with Crippen LogP contribution in [0.4, 0.5) is 19.0 Å². The molecule has 0 saturated carbocycles. The Balaban J connectivity index is 1.98. The first-order chi connectivity index (χ1) is 11.4. The van der Waals surface area contributed by atoms with Crippen LogP contribution in [0.2, 0.25) is 0 Å². The summed E-state index contributed by atoms with van der Waals surface area (Å²) in [5.41, 5.74) is 0.414. The number of hydrogen-bond donors (Lipinski definition) is 1. The van der Waals surface area contributed by atoms with E-state index in [9.17, 15) is 18.0 Å². The summed E-state index contributed by atoms with van der Waals surface area (Å²) in [5, 5.41) is 2.49. The van der Waals surface area contributed by atoms with Gasteiger partial charge in [-0.1, -0.05) is 36.4 Å². The molecule has 3 nitrogen and oxygen atoms in total. The van der Waals surface area contributed by atoms with Crippen molar-refractivity contribution in [3.05, 3.63) is 70.5 Å². The van der Waals surface area contributed by atoms with E-state index in [4.69, 9.17) is 0 Å². The molecule has 3 aromatic rings. The molecule has 0 unspecified atom stereocenters. The van der Waals surface area contributed by atoms with E-state index in [-0.39, 0.29) is 16.3 Å². The lowest BCUT2D eigenvalue weighted by Gasteiger charge is -2.07. The van der Waals surface area contributed by atoms with E-state index in [0.717, 1.165) is 0 Å². The van der Waals surface area contributed by atoms with Crippen LogP contribution >= 0.6 is 11.3 Å². The van der Waals surface area contributed by atoms with Gasteiger partial charge in [0.05, 0.1) is 4.88 Å². The van der Waals surface area contributed by atoms with Crippen LogP contribution in [0.25, 0.3) is 11.1 Å². The van der Waals surface area contributed by atoms with Crippen molar-refractivity contribution in [3.63, 3.8) is 0 Å². The number of aromatic nitrogens is 1. The Morgan fingerprint density at radius 3 is 2.38 bits per heavy atom. The molecule has 7 heteroatoms.